The number of carboxylic acids is 1. The van der Waals surface area contributed by atoms with Crippen LogP contribution >= 0.6 is 0 Å². The zero-order valence-corrected chi connectivity index (χ0v) is 14.0. The molecule has 1 atom stereocenters. The topological polar surface area (TPSA) is 66.8 Å². The molecule has 0 spiro atoms. The molecule has 23 heavy (non-hydrogen) atoms. The van der Waals surface area contributed by atoms with Gasteiger partial charge in [-0.1, -0.05) is 13.8 Å². The molecule has 0 bridgehead atoms. The highest BCUT2D eigenvalue weighted by atomic mass is 16.5. The second-order valence-corrected chi connectivity index (χ2v) is 6.90. The SMILES string of the molecule is CC(C)CCOc1ccc(C(=O)N2CCC(C)(C(=O)O)C2)cc1. The Labute approximate surface area is 137 Å². The predicted molar refractivity (Wildman–Crippen MR) is 87.7 cm³/mol. The summed E-state index contributed by atoms with van der Waals surface area (Å²) in [4.78, 5) is 25.3. The minimum Gasteiger partial charge on any atom is -0.494 e. The smallest absolute Gasteiger partial charge is 0.311 e. The quantitative estimate of drug-likeness (QED) is 0.875. The fourth-order valence-electron chi connectivity index (χ4n) is 2.60. The number of carbonyl (C=O) groups is 2. The van der Waals surface area contributed by atoms with Crippen LogP contribution in [0, 0.1) is 11.3 Å². The number of hydrogen-bond donors (Lipinski definition) is 1. The van der Waals surface area contributed by atoms with Crippen molar-refractivity contribution in [3.05, 3.63) is 29.8 Å². The zero-order chi connectivity index (χ0) is 17.0. The molecule has 1 fully saturated rings. The lowest BCUT2D eigenvalue weighted by atomic mass is 9.90. The molecule has 1 aromatic carbocycles. The number of carboxylic acid groups (broad SMARTS) is 1. The van der Waals surface area contributed by atoms with Crippen molar-refractivity contribution in [3.8, 4) is 5.75 Å². The molecular weight excluding hydrogens is 294 g/mol. The molecule has 0 aliphatic carbocycles. The molecule has 0 radical (unpaired) electrons. The third-order valence-corrected chi connectivity index (χ3v) is 4.34. The maximum Gasteiger partial charge on any atom is 0.311 e. The molecule has 1 aliphatic heterocycles. The molecule has 1 unspecified atom stereocenters. The van der Waals surface area contributed by atoms with E-state index in [1.54, 1.807) is 36.1 Å². The molecule has 126 valence electrons. The maximum absolute atomic E-state index is 12.5. The van der Waals surface area contributed by atoms with E-state index in [1.807, 2.05) is 0 Å². The second-order valence-electron chi connectivity index (χ2n) is 6.90. The monoisotopic (exact) mass is 319 g/mol. The summed E-state index contributed by atoms with van der Waals surface area (Å²) in [7, 11) is 0. The van der Waals surface area contributed by atoms with Gasteiger partial charge in [-0.3, -0.25) is 9.59 Å². The Morgan fingerprint density at radius 1 is 1.30 bits per heavy atom. The summed E-state index contributed by atoms with van der Waals surface area (Å²) in [6, 6.07) is 7.06. The van der Waals surface area contributed by atoms with E-state index in [4.69, 9.17) is 4.74 Å². The van der Waals surface area contributed by atoms with Crippen LogP contribution in [0.15, 0.2) is 24.3 Å². The number of nitrogens with zero attached hydrogens (tertiary/aromatic N) is 1. The van der Waals surface area contributed by atoms with E-state index in [0.717, 1.165) is 12.2 Å². The summed E-state index contributed by atoms with van der Waals surface area (Å²) < 4.78 is 5.64. The van der Waals surface area contributed by atoms with Crippen LogP contribution in [0.5, 0.6) is 5.75 Å². The molecule has 1 heterocycles. The number of ether oxygens (including phenoxy) is 1. The van der Waals surface area contributed by atoms with Crippen molar-refractivity contribution in [1.82, 2.24) is 4.90 Å². The van der Waals surface area contributed by atoms with Gasteiger partial charge in [0, 0.05) is 18.7 Å². The van der Waals surface area contributed by atoms with Crippen molar-refractivity contribution in [2.45, 2.75) is 33.6 Å². The Hall–Kier alpha value is -2.04. The number of aliphatic carboxylic acids is 1. The number of benzene rings is 1. The van der Waals surface area contributed by atoms with Crippen LogP contribution < -0.4 is 4.74 Å². The van der Waals surface area contributed by atoms with Gasteiger partial charge in [-0.25, -0.2) is 0 Å². The van der Waals surface area contributed by atoms with Crippen LogP contribution in [0.1, 0.15) is 44.0 Å². The van der Waals surface area contributed by atoms with Gasteiger partial charge in [0.25, 0.3) is 5.91 Å². The number of carbonyl (C=O) groups excluding carboxylic acids is 1. The standard InChI is InChI=1S/C18H25NO4/c1-13(2)8-11-23-15-6-4-14(5-7-15)16(20)19-10-9-18(3,12-19)17(21)22/h4-7,13H,8-12H2,1-3H3,(H,21,22). The van der Waals surface area contributed by atoms with E-state index in [-0.39, 0.29) is 12.5 Å². The van der Waals surface area contributed by atoms with Crippen LogP contribution in [-0.4, -0.2) is 41.6 Å². The summed E-state index contributed by atoms with van der Waals surface area (Å²) in [6.45, 7) is 7.38. The molecule has 0 aromatic heterocycles. The molecule has 2 rings (SSSR count). The highest BCUT2D eigenvalue weighted by Crippen LogP contribution is 2.31. The largest absolute Gasteiger partial charge is 0.494 e. The maximum atomic E-state index is 12.5. The predicted octanol–water partition coefficient (Wildman–Crippen LogP) is 3.05. The average molecular weight is 319 g/mol. The van der Waals surface area contributed by atoms with Crippen molar-refractivity contribution in [2.24, 2.45) is 11.3 Å². The van der Waals surface area contributed by atoms with Gasteiger partial charge in [0.1, 0.15) is 5.75 Å². The first-order valence-corrected chi connectivity index (χ1v) is 8.07. The van der Waals surface area contributed by atoms with Crippen LogP contribution in [0.4, 0.5) is 0 Å². The molecular formula is C18H25NO4. The normalized spacial score (nSPS) is 20.8. The Morgan fingerprint density at radius 2 is 1.96 bits per heavy atom. The highest BCUT2D eigenvalue weighted by molar-refractivity contribution is 5.95. The lowest BCUT2D eigenvalue weighted by Gasteiger charge is -2.20. The molecule has 1 aliphatic rings. The Kier molecular flexibility index (Phi) is 5.29. The van der Waals surface area contributed by atoms with E-state index in [9.17, 15) is 14.7 Å². The van der Waals surface area contributed by atoms with Gasteiger partial charge in [-0.15, -0.1) is 0 Å². The number of amides is 1. The van der Waals surface area contributed by atoms with E-state index in [2.05, 4.69) is 13.8 Å². The second kappa shape index (κ2) is 7.02. The van der Waals surface area contributed by atoms with E-state index in [1.165, 1.54) is 0 Å². The average Bonchev–Trinajstić information content (AvgIpc) is 2.91. The third kappa shape index (κ3) is 4.24. The Bertz CT molecular complexity index is 567. The number of rotatable bonds is 6. The van der Waals surface area contributed by atoms with Gasteiger partial charge in [-0.05, 0) is 49.9 Å². The molecule has 5 nitrogen and oxygen atoms in total. The van der Waals surface area contributed by atoms with Gasteiger partial charge in [0.2, 0.25) is 0 Å². The minimum atomic E-state index is -0.846. The first-order valence-electron chi connectivity index (χ1n) is 8.07. The summed E-state index contributed by atoms with van der Waals surface area (Å²) in [5.74, 6) is 0.374. The molecule has 1 N–H and O–H groups in total. The van der Waals surface area contributed by atoms with Crippen molar-refractivity contribution in [3.63, 3.8) is 0 Å². The first kappa shape index (κ1) is 17.3. The lowest BCUT2D eigenvalue weighted by Crippen LogP contribution is -2.34. The first-order chi connectivity index (χ1) is 10.8. The summed E-state index contributed by atoms with van der Waals surface area (Å²) in [6.07, 6.45) is 1.48. The summed E-state index contributed by atoms with van der Waals surface area (Å²) in [5.41, 5.74) is -0.272. The van der Waals surface area contributed by atoms with Gasteiger partial charge >= 0.3 is 5.97 Å². The van der Waals surface area contributed by atoms with Crippen molar-refractivity contribution in [2.75, 3.05) is 19.7 Å². The lowest BCUT2D eigenvalue weighted by molar-refractivity contribution is -0.147. The highest BCUT2D eigenvalue weighted by Gasteiger charge is 2.42. The number of likely N-dealkylation sites (tertiary alicyclic amines) is 1. The van der Waals surface area contributed by atoms with Crippen LogP contribution in [0.2, 0.25) is 0 Å². The summed E-state index contributed by atoms with van der Waals surface area (Å²) >= 11 is 0. The Morgan fingerprint density at radius 3 is 2.48 bits per heavy atom. The third-order valence-electron chi connectivity index (χ3n) is 4.34. The van der Waals surface area contributed by atoms with E-state index in [0.29, 0.717) is 31.1 Å². The summed E-state index contributed by atoms with van der Waals surface area (Å²) in [5, 5.41) is 9.25. The van der Waals surface area contributed by atoms with E-state index < -0.39 is 11.4 Å². The van der Waals surface area contributed by atoms with Crippen molar-refractivity contribution in [1.29, 1.82) is 0 Å². The van der Waals surface area contributed by atoms with Crippen LogP contribution in [0.3, 0.4) is 0 Å². The van der Waals surface area contributed by atoms with Crippen LogP contribution in [0.25, 0.3) is 0 Å². The molecule has 1 amide bonds. The van der Waals surface area contributed by atoms with Gasteiger partial charge in [-0.2, -0.15) is 0 Å². The van der Waals surface area contributed by atoms with Gasteiger partial charge < -0.3 is 14.7 Å². The Balaban J connectivity index is 1.94. The minimum absolute atomic E-state index is 0.122. The fourth-order valence-corrected chi connectivity index (χ4v) is 2.60. The molecule has 1 saturated heterocycles. The fraction of sp³-hybridized carbons (Fsp3) is 0.556. The molecule has 1 aromatic rings. The number of hydrogen-bond acceptors (Lipinski definition) is 3. The van der Waals surface area contributed by atoms with Gasteiger partial charge in [0.05, 0.1) is 12.0 Å². The van der Waals surface area contributed by atoms with Crippen LogP contribution in [-0.2, 0) is 4.79 Å². The molecule has 5 heteroatoms. The van der Waals surface area contributed by atoms with Crippen molar-refractivity contribution < 1.29 is 19.4 Å². The molecule has 0 saturated carbocycles. The zero-order valence-electron chi connectivity index (χ0n) is 14.0. The van der Waals surface area contributed by atoms with Gasteiger partial charge in [0.15, 0.2) is 0 Å². The van der Waals surface area contributed by atoms with Crippen molar-refractivity contribution >= 4 is 11.9 Å². The van der Waals surface area contributed by atoms with E-state index >= 15 is 0 Å².